The van der Waals surface area contributed by atoms with Crippen LogP contribution < -0.4 is 4.74 Å². The first kappa shape index (κ1) is 15.5. The van der Waals surface area contributed by atoms with Gasteiger partial charge in [0.15, 0.2) is 23.5 Å². The molecule has 1 N–H and O–H groups in total. The van der Waals surface area contributed by atoms with Gasteiger partial charge in [-0.15, -0.1) is 11.3 Å². The van der Waals surface area contributed by atoms with Crippen LogP contribution in [0.2, 0.25) is 0 Å². The van der Waals surface area contributed by atoms with Crippen molar-refractivity contribution in [2.45, 2.75) is 19.8 Å². The minimum atomic E-state index is -0.942. The van der Waals surface area contributed by atoms with Gasteiger partial charge in [-0.25, -0.2) is 4.98 Å². The topological polar surface area (TPSA) is 89.6 Å². The molecule has 0 unspecified atom stereocenters. The average Bonchev–Trinajstić information content (AvgIpc) is 3.16. The lowest BCUT2D eigenvalue weighted by Gasteiger charge is -2.06. The largest absolute Gasteiger partial charge is 0.493 e. The Morgan fingerprint density at radius 2 is 2.22 bits per heavy atom. The van der Waals surface area contributed by atoms with Gasteiger partial charge in [0.1, 0.15) is 5.52 Å². The number of hydrogen-bond acceptors (Lipinski definition) is 6. The number of hydrogen-bond donors (Lipinski definition) is 1. The number of thiophene rings is 1. The van der Waals surface area contributed by atoms with Gasteiger partial charge in [-0.3, -0.25) is 9.59 Å². The highest BCUT2D eigenvalue weighted by Crippen LogP contribution is 2.37. The van der Waals surface area contributed by atoms with Crippen LogP contribution in [0.1, 0.15) is 29.4 Å². The first-order valence-corrected chi connectivity index (χ1v) is 7.96. The number of benzene rings is 1. The Morgan fingerprint density at radius 1 is 1.43 bits per heavy atom. The predicted octanol–water partition coefficient (Wildman–Crippen LogP) is 3.73. The van der Waals surface area contributed by atoms with E-state index in [9.17, 15) is 9.59 Å². The number of ether oxygens (including phenoxy) is 1. The predicted molar refractivity (Wildman–Crippen MR) is 86.3 cm³/mol. The first-order valence-electron chi connectivity index (χ1n) is 7.14. The molecule has 0 aliphatic carbocycles. The lowest BCUT2D eigenvalue weighted by atomic mass is 9.99. The molecule has 2 heterocycles. The number of Topliss-reactive ketones (excluding diaryl/α,β-unsaturated/α-hetero) is 1. The first-order chi connectivity index (χ1) is 11.0. The number of aromatic nitrogens is 1. The van der Waals surface area contributed by atoms with E-state index in [0.717, 1.165) is 10.1 Å². The van der Waals surface area contributed by atoms with Crippen LogP contribution in [0, 0.1) is 5.92 Å². The summed E-state index contributed by atoms with van der Waals surface area (Å²) in [6.45, 7) is 1.76. The van der Waals surface area contributed by atoms with Crippen LogP contribution in [0.25, 0.3) is 21.2 Å². The molecule has 0 saturated carbocycles. The number of carbonyl (C=O) groups is 2. The van der Waals surface area contributed by atoms with E-state index in [1.54, 1.807) is 26.2 Å². The lowest BCUT2D eigenvalue weighted by Crippen LogP contribution is -2.16. The highest BCUT2D eigenvalue weighted by Gasteiger charge is 2.22. The Balaban J connectivity index is 2.03. The number of carbonyl (C=O) groups excluding carboxylic acids is 1. The molecule has 7 heteroatoms. The third-order valence-electron chi connectivity index (χ3n) is 3.84. The number of ketones is 1. The molecule has 3 rings (SSSR count). The summed E-state index contributed by atoms with van der Waals surface area (Å²) in [6.07, 6.45) is 1.76. The standard InChI is InChI=1S/C16H15NO5S/c1-3-8(16(19)20)4-10(18)13-5-9-12(23-13)6-11(21-2)15-14(9)17-7-22-15/h5-8H,3-4H2,1-2H3,(H,19,20)/t8-/m0/s1. The summed E-state index contributed by atoms with van der Waals surface area (Å²) in [5, 5.41) is 9.91. The Bertz CT molecular complexity index is 895. The van der Waals surface area contributed by atoms with Gasteiger partial charge in [0.25, 0.3) is 0 Å². The average molecular weight is 333 g/mol. The van der Waals surface area contributed by atoms with E-state index in [-0.39, 0.29) is 12.2 Å². The fourth-order valence-corrected chi connectivity index (χ4v) is 3.56. The maximum absolute atomic E-state index is 12.4. The van der Waals surface area contributed by atoms with E-state index in [1.807, 2.05) is 0 Å². The van der Waals surface area contributed by atoms with Gasteiger partial charge in [-0.05, 0) is 12.5 Å². The molecular formula is C16H15NO5S. The van der Waals surface area contributed by atoms with Crippen molar-refractivity contribution in [3.05, 3.63) is 23.4 Å². The van der Waals surface area contributed by atoms with Crippen LogP contribution >= 0.6 is 11.3 Å². The van der Waals surface area contributed by atoms with Crippen molar-refractivity contribution in [3.63, 3.8) is 0 Å². The molecule has 1 aromatic carbocycles. The third-order valence-corrected chi connectivity index (χ3v) is 4.96. The van der Waals surface area contributed by atoms with E-state index >= 15 is 0 Å². The molecule has 0 spiro atoms. The van der Waals surface area contributed by atoms with Crippen LogP contribution in [-0.4, -0.2) is 29.0 Å². The Kier molecular flexibility index (Phi) is 4.04. The molecular weight excluding hydrogens is 318 g/mol. The zero-order chi connectivity index (χ0) is 16.6. The molecule has 0 bridgehead atoms. The molecule has 0 fully saturated rings. The summed E-state index contributed by atoms with van der Waals surface area (Å²) >= 11 is 1.31. The van der Waals surface area contributed by atoms with Crippen LogP contribution in [-0.2, 0) is 4.79 Å². The van der Waals surface area contributed by atoms with Gasteiger partial charge < -0.3 is 14.3 Å². The van der Waals surface area contributed by atoms with Crippen LogP contribution in [0.15, 0.2) is 22.9 Å². The van der Waals surface area contributed by atoms with Gasteiger partial charge in [-0.1, -0.05) is 6.92 Å². The zero-order valence-electron chi connectivity index (χ0n) is 12.7. The van der Waals surface area contributed by atoms with Crippen molar-refractivity contribution < 1.29 is 23.8 Å². The smallest absolute Gasteiger partial charge is 0.306 e. The second-order valence-electron chi connectivity index (χ2n) is 5.20. The number of oxazole rings is 1. The summed E-state index contributed by atoms with van der Waals surface area (Å²) in [5.41, 5.74) is 1.17. The summed E-state index contributed by atoms with van der Waals surface area (Å²) in [7, 11) is 1.54. The number of carboxylic acids is 1. The van der Waals surface area contributed by atoms with Crippen LogP contribution in [0.5, 0.6) is 5.75 Å². The fraction of sp³-hybridized carbons (Fsp3) is 0.312. The zero-order valence-corrected chi connectivity index (χ0v) is 13.5. The summed E-state index contributed by atoms with van der Waals surface area (Å²) in [4.78, 5) is 28.2. The van der Waals surface area contributed by atoms with Crippen molar-refractivity contribution in [3.8, 4) is 5.75 Å². The number of methoxy groups -OCH3 is 1. The molecule has 0 saturated heterocycles. The molecule has 2 aromatic heterocycles. The van der Waals surface area contributed by atoms with Gasteiger partial charge in [-0.2, -0.15) is 0 Å². The summed E-state index contributed by atoms with van der Waals surface area (Å²) in [5.74, 6) is -1.21. The molecule has 0 aliphatic rings. The monoisotopic (exact) mass is 333 g/mol. The van der Waals surface area contributed by atoms with Crippen LogP contribution in [0.3, 0.4) is 0 Å². The maximum Gasteiger partial charge on any atom is 0.306 e. The fourth-order valence-electron chi connectivity index (χ4n) is 2.51. The highest BCUT2D eigenvalue weighted by molar-refractivity contribution is 7.21. The van der Waals surface area contributed by atoms with E-state index in [0.29, 0.717) is 28.1 Å². The van der Waals surface area contributed by atoms with Crippen molar-refractivity contribution in [1.29, 1.82) is 0 Å². The van der Waals surface area contributed by atoms with E-state index in [4.69, 9.17) is 14.3 Å². The molecule has 3 aromatic rings. The quantitative estimate of drug-likeness (QED) is 0.691. The van der Waals surface area contributed by atoms with Crippen molar-refractivity contribution >= 4 is 44.3 Å². The van der Waals surface area contributed by atoms with Gasteiger partial charge in [0, 0.05) is 22.6 Å². The SMILES string of the molecule is CC[C@@H](CC(=O)c1cc2c(cc(OC)c3ocnc32)s1)C(=O)O. The Labute approximate surface area is 135 Å². The molecule has 6 nitrogen and oxygen atoms in total. The summed E-state index contributed by atoms with van der Waals surface area (Å²) < 4.78 is 11.5. The minimum Gasteiger partial charge on any atom is -0.493 e. The van der Waals surface area contributed by atoms with Crippen molar-refractivity contribution in [2.24, 2.45) is 5.92 Å². The normalized spacial score (nSPS) is 12.6. The second-order valence-corrected chi connectivity index (χ2v) is 6.29. The molecule has 0 radical (unpaired) electrons. The van der Waals surface area contributed by atoms with Gasteiger partial charge in [0.2, 0.25) is 0 Å². The lowest BCUT2D eigenvalue weighted by molar-refractivity contribution is -0.141. The summed E-state index contributed by atoms with van der Waals surface area (Å²) in [6, 6.07) is 3.56. The molecule has 120 valence electrons. The molecule has 1 atom stereocenters. The van der Waals surface area contributed by atoms with E-state index < -0.39 is 11.9 Å². The van der Waals surface area contributed by atoms with Gasteiger partial charge >= 0.3 is 5.97 Å². The number of fused-ring (bicyclic) bond motifs is 3. The molecule has 0 amide bonds. The van der Waals surface area contributed by atoms with E-state index in [2.05, 4.69) is 4.98 Å². The molecule has 0 aliphatic heterocycles. The number of nitrogens with zero attached hydrogens (tertiary/aromatic N) is 1. The van der Waals surface area contributed by atoms with Crippen LogP contribution in [0.4, 0.5) is 0 Å². The number of rotatable bonds is 6. The number of aliphatic carboxylic acids is 1. The van der Waals surface area contributed by atoms with E-state index in [1.165, 1.54) is 17.7 Å². The second kappa shape index (κ2) is 6.00. The van der Waals surface area contributed by atoms with Gasteiger partial charge in [0.05, 0.1) is 17.9 Å². The highest BCUT2D eigenvalue weighted by atomic mass is 32.1. The molecule has 23 heavy (non-hydrogen) atoms. The Hall–Kier alpha value is -2.41. The van der Waals surface area contributed by atoms with Crippen molar-refractivity contribution in [1.82, 2.24) is 4.98 Å². The Morgan fingerprint density at radius 3 is 2.87 bits per heavy atom. The minimum absolute atomic E-state index is 0.00223. The number of carboxylic acid groups (broad SMARTS) is 1. The van der Waals surface area contributed by atoms with Crippen molar-refractivity contribution in [2.75, 3.05) is 7.11 Å². The maximum atomic E-state index is 12.4. The third kappa shape index (κ3) is 2.68.